The van der Waals surface area contributed by atoms with Gasteiger partial charge in [0, 0.05) is 11.1 Å². The first-order chi connectivity index (χ1) is 11.4. The van der Waals surface area contributed by atoms with Crippen molar-refractivity contribution in [3.8, 4) is 0 Å². The van der Waals surface area contributed by atoms with Gasteiger partial charge in [-0.3, -0.25) is 4.79 Å². The molecule has 1 fully saturated rings. The fourth-order valence-corrected chi connectivity index (χ4v) is 4.03. The molecule has 2 aliphatic heterocycles. The summed E-state index contributed by atoms with van der Waals surface area (Å²) in [6, 6.07) is 16.8. The number of aryl methyl sites for hydroxylation is 1. The molecular weight excluding hydrogens is 296 g/mol. The number of benzene rings is 2. The third-order valence-electron chi connectivity index (χ3n) is 5.47. The van der Waals surface area contributed by atoms with Crippen LogP contribution in [0.5, 0.6) is 0 Å². The first-order valence-corrected chi connectivity index (χ1v) is 8.38. The second kappa shape index (κ2) is 4.97. The molecule has 2 aliphatic rings. The highest BCUT2D eigenvalue weighted by Gasteiger charge is 2.59. The standard InChI is InChI=1S/C21H22N2O/c1-15-8-10-16(11-9-15)12-13-21-20(2,3)17-6-4-5-7-18(17)23(21)14-19(24)22-21/h4-13H,14H2,1-3H3,(H,22,24)/b13-12+. The van der Waals surface area contributed by atoms with Crippen LogP contribution in [0, 0.1) is 6.92 Å². The lowest BCUT2D eigenvalue weighted by molar-refractivity contribution is -0.118. The predicted molar refractivity (Wildman–Crippen MR) is 97.9 cm³/mol. The summed E-state index contributed by atoms with van der Waals surface area (Å²) < 4.78 is 0. The molecular formula is C21H22N2O. The zero-order valence-electron chi connectivity index (χ0n) is 14.3. The molecule has 1 N–H and O–H groups in total. The number of hydrogen-bond acceptors (Lipinski definition) is 2. The van der Waals surface area contributed by atoms with Crippen molar-refractivity contribution < 1.29 is 4.79 Å². The topological polar surface area (TPSA) is 32.3 Å². The molecule has 3 nitrogen and oxygen atoms in total. The Kier molecular flexibility index (Phi) is 3.11. The maximum absolute atomic E-state index is 12.2. The lowest BCUT2D eigenvalue weighted by Crippen LogP contribution is -2.58. The van der Waals surface area contributed by atoms with Crippen LogP contribution >= 0.6 is 0 Å². The SMILES string of the molecule is Cc1ccc(/C=C/C23NC(=O)CN2c2ccccc2C3(C)C)cc1. The summed E-state index contributed by atoms with van der Waals surface area (Å²) in [6.45, 7) is 6.90. The molecule has 0 spiro atoms. The fraction of sp³-hybridized carbons (Fsp3) is 0.286. The van der Waals surface area contributed by atoms with Gasteiger partial charge in [-0.25, -0.2) is 0 Å². The van der Waals surface area contributed by atoms with E-state index in [1.165, 1.54) is 11.1 Å². The van der Waals surface area contributed by atoms with E-state index in [9.17, 15) is 4.79 Å². The lowest BCUT2D eigenvalue weighted by Gasteiger charge is -2.40. The molecule has 0 aliphatic carbocycles. The minimum absolute atomic E-state index is 0.0751. The highest BCUT2D eigenvalue weighted by Crippen LogP contribution is 2.52. The smallest absolute Gasteiger partial charge is 0.241 e. The Morgan fingerprint density at radius 1 is 1.08 bits per heavy atom. The Hall–Kier alpha value is -2.55. The molecule has 2 aromatic carbocycles. The van der Waals surface area contributed by atoms with Crippen molar-refractivity contribution in [2.24, 2.45) is 0 Å². The molecule has 1 saturated heterocycles. The van der Waals surface area contributed by atoms with E-state index in [2.05, 4.69) is 85.6 Å². The highest BCUT2D eigenvalue weighted by molar-refractivity contribution is 5.91. The van der Waals surface area contributed by atoms with Gasteiger partial charge in [0.05, 0.1) is 6.54 Å². The van der Waals surface area contributed by atoms with Gasteiger partial charge in [-0.15, -0.1) is 0 Å². The Labute approximate surface area is 143 Å². The summed E-state index contributed by atoms with van der Waals surface area (Å²) in [5.41, 5.74) is 4.08. The van der Waals surface area contributed by atoms with Gasteiger partial charge >= 0.3 is 0 Å². The van der Waals surface area contributed by atoms with Crippen molar-refractivity contribution in [2.45, 2.75) is 31.8 Å². The molecule has 122 valence electrons. The van der Waals surface area contributed by atoms with Crippen LogP contribution in [0.4, 0.5) is 5.69 Å². The molecule has 1 atom stereocenters. The summed E-state index contributed by atoms with van der Waals surface area (Å²) in [5, 5.41) is 3.25. The van der Waals surface area contributed by atoms with Gasteiger partial charge in [0.2, 0.25) is 5.91 Å². The van der Waals surface area contributed by atoms with Crippen LogP contribution in [0.15, 0.2) is 54.6 Å². The van der Waals surface area contributed by atoms with Gasteiger partial charge in [-0.05, 0) is 30.2 Å². The molecule has 1 unspecified atom stereocenters. The van der Waals surface area contributed by atoms with Gasteiger partial charge in [-0.2, -0.15) is 0 Å². The summed E-state index contributed by atoms with van der Waals surface area (Å²) in [5.74, 6) is 0.0751. The number of nitrogens with zero attached hydrogens (tertiary/aromatic N) is 1. The maximum atomic E-state index is 12.2. The number of carbonyl (C=O) groups excluding carboxylic acids is 1. The van der Waals surface area contributed by atoms with Gasteiger partial charge in [0.25, 0.3) is 0 Å². The number of amides is 1. The molecule has 0 radical (unpaired) electrons. The maximum Gasteiger partial charge on any atom is 0.241 e. The van der Waals surface area contributed by atoms with E-state index in [1.54, 1.807) is 0 Å². The Morgan fingerprint density at radius 2 is 1.79 bits per heavy atom. The van der Waals surface area contributed by atoms with E-state index < -0.39 is 5.66 Å². The van der Waals surface area contributed by atoms with Crippen LogP contribution in [-0.4, -0.2) is 18.1 Å². The number of carbonyl (C=O) groups is 1. The van der Waals surface area contributed by atoms with Crippen LogP contribution in [0.1, 0.15) is 30.5 Å². The first kappa shape index (κ1) is 15.0. The van der Waals surface area contributed by atoms with Gasteiger partial charge in [0.15, 0.2) is 0 Å². The zero-order valence-corrected chi connectivity index (χ0v) is 14.3. The molecule has 4 rings (SSSR count). The number of fused-ring (bicyclic) bond motifs is 3. The second-order valence-corrected chi connectivity index (χ2v) is 7.29. The van der Waals surface area contributed by atoms with E-state index in [1.807, 2.05) is 6.07 Å². The summed E-state index contributed by atoms with van der Waals surface area (Å²) in [6.07, 6.45) is 4.27. The fourth-order valence-electron chi connectivity index (χ4n) is 4.03. The quantitative estimate of drug-likeness (QED) is 0.917. The number of para-hydroxylation sites is 1. The average molecular weight is 318 g/mol. The lowest BCUT2D eigenvalue weighted by atomic mass is 9.75. The molecule has 0 bridgehead atoms. The monoisotopic (exact) mass is 318 g/mol. The van der Waals surface area contributed by atoms with Crippen LogP contribution in [0.2, 0.25) is 0 Å². The minimum atomic E-state index is -0.515. The van der Waals surface area contributed by atoms with E-state index in [0.717, 1.165) is 11.3 Å². The average Bonchev–Trinajstić information content (AvgIpc) is 2.99. The van der Waals surface area contributed by atoms with Crippen molar-refractivity contribution in [2.75, 3.05) is 11.4 Å². The predicted octanol–water partition coefficient (Wildman–Crippen LogP) is 3.63. The van der Waals surface area contributed by atoms with Crippen molar-refractivity contribution in [3.05, 3.63) is 71.3 Å². The molecule has 2 aromatic rings. The third kappa shape index (κ3) is 1.94. The van der Waals surface area contributed by atoms with Crippen molar-refractivity contribution in [3.63, 3.8) is 0 Å². The number of hydrogen-bond donors (Lipinski definition) is 1. The first-order valence-electron chi connectivity index (χ1n) is 8.38. The van der Waals surface area contributed by atoms with Crippen molar-refractivity contribution >= 4 is 17.7 Å². The van der Waals surface area contributed by atoms with Gasteiger partial charge in [0.1, 0.15) is 5.66 Å². The Morgan fingerprint density at radius 3 is 2.54 bits per heavy atom. The Balaban J connectivity index is 1.82. The van der Waals surface area contributed by atoms with Crippen LogP contribution in [-0.2, 0) is 10.2 Å². The number of anilines is 1. The van der Waals surface area contributed by atoms with Crippen LogP contribution < -0.4 is 10.2 Å². The summed E-state index contributed by atoms with van der Waals surface area (Å²) in [4.78, 5) is 14.4. The highest BCUT2D eigenvalue weighted by atomic mass is 16.2. The second-order valence-electron chi connectivity index (χ2n) is 7.29. The number of rotatable bonds is 2. The van der Waals surface area contributed by atoms with E-state index >= 15 is 0 Å². The Bertz CT molecular complexity index is 835. The normalized spacial score (nSPS) is 24.1. The van der Waals surface area contributed by atoms with E-state index in [0.29, 0.717) is 6.54 Å². The molecule has 0 aromatic heterocycles. The molecule has 24 heavy (non-hydrogen) atoms. The molecule has 2 heterocycles. The largest absolute Gasteiger partial charge is 0.335 e. The van der Waals surface area contributed by atoms with Crippen molar-refractivity contribution in [1.29, 1.82) is 0 Å². The minimum Gasteiger partial charge on any atom is -0.335 e. The molecule has 0 saturated carbocycles. The molecule has 1 amide bonds. The van der Waals surface area contributed by atoms with Crippen LogP contribution in [0.25, 0.3) is 6.08 Å². The molecule has 3 heteroatoms. The van der Waals surface area contributed by atoms with Crippen LogP contribution in [0.3, 0.4) is 0 Å². The zero-order chi connectivity index (χ0) is 16.9. The summed E-state index contributed by atoms with van der Waals surface area (Å²) in [7, 11) is 0. The third-order valence-corrected chi connectivity index (χ3v) is 5.47. The van der Waals surface area contributed by atoms with Crippen molar-refractivity contribution in [1.82, 2.24) is 5.32 Å². The van der Waals surface area contributed by atoms with Gasteiger partial charge in [-0.1, -0.05) is 68.0 Å². The number of nitrogens with one attached hydrogen (secondary N) is 1. The summed E-state index contributed by atoms with van der Waals surface area (Å²) >= 11 is 0. The van der Waals surface area contributed by atoms with Gasteiger partial charge < -0.3 is 10.2 Å². The van der Waals surface area contributed by atoms with E-state index in [-0.39, 0.29) is 11.3 Å². The van der Waals surface area contributed by atoms with E-state index in [4.69, 9.17) is 0 Å².